The number of para-hydroxylation sites is 3. The molecule has 0 saturated heterocycles. The summed E-state index contributed by atoms with van der Waals surface area (Å²) in [6.45, 7) is 0. The van der Waals surface area contributed by atoms with Gasteiger partial charge in [-0.3, -0.25) is 0 Å². The average Bonchev–Trinajstić information content (AvgIpc) is 3.86. The smallest absolute Gasteiger partial charge is 0.572 e. The number of benzene rings is 6. The molecule has 0 N–H and O–H groups in total. The van der Waals surface area contributed by atoms with Crippen molar-refractivity contribution in [3.05, 3.63) is 230 Å². The van der Waals surface area contributed by atoms with Crippen LogP contribution in [0.4, 0.5) is 0 Å². The molecule has 0 spiro atoms. The van der Waals surface area contributed by atoms with Crippen LogP contribution in [-0.4, -0.2) is 57.6 Å². The van der Waals surface area contributed by atoms with Gasteiger partial charge in [-0.15, -0.1) is 17.1 Å². The molecule has 9 aromatic rings. The van der Waals surface area contributed by atoms with Crippen molar-refractivity contribution in [2.24, 2.45) is 0 Å². The van der Waals surface area contributed by atoms with E-state index in [2.05, 4.69) is 29.1 Å². The van der Waals surface area contributed by atoms with E-state index in [0.717, 1.165) is 32.7 Å². The van der Waals surface area contributed by atoms with Gasteiger partial charge in [0.15, 0.2) is 0 Å². The summed E-state index contributed by atoms with van der Waals surface area (Å²) in [5, 5.41) is 3.13. The van der Waals surface area contributed by atoms with Gasteiger partial charge in [-0.1, -0.05) is 146 Å². The van der Waals surface area contributed by atoms with Crippen LogP contribution in [0.5, 0.6) is 0 Å². The first-order chi connectivity index (χ1) is 31.9. The Morgan fingerprint density at radius 2 is 0.567 bits per heavy atom. The molecule has 0 aliphatic carbocycles. The molecular weight excluding hydrogens is 916 g/mol. The minimum Gasteiger partial charge on any atom is -0.572 e. The molecule has 6 aromatic carbocycles. The van der Waals surface area contributed by atoms with Crippen LogP contribution in [0.1, 0.15) is 33.8 Å². The van der Waals surface area contributed by atoms with Crippen LogP contribution < -0.4 is 0 Å². The number of pyridine rings is 3. The number of rotatable bonds is 3. The molecule has 3 aromatic heterocycles. The van der Waals surface area contributed by atoms with Crippen molar-refractivity contribution in [2.45, 2.75) is 14.7 Å². The van der Waals surface area contributed by atoms with Crippen LogP contribution in [0.2, 0.25) is 0 Å². The van der Waals surface area contributed by atoms with Gasteiger partial charge in [-0.05, 0) is 71.3 Å². The molecule has 12 nitrogen and oxygen atoms in total. The SMILES string of the molecule is O=S1(=O)[N-]/C(=C/c2ccc3ccccc3n2)c2ccccc21.O=S1(=O)[N-]/C(=C\c2ccc3ccccc3n2)c2ccccc21.O=S1(=O)[N-]/C(=C\c2ccc3ccccc3n2)c2ccccc21.[Al+3]. The molecule has 324 valence electrons. The Morgan fingerprint density at radius 1 is 0.313 bits per heavy atom. The van der Waals surface area contributed by atoms with Crippen molar-refractivity contribution in [1.82, 2.24) is 15.0 Å². The number of hydrogen-bond donors (Lipinski definition) is 0. The summed E-state index contributed by atoms with van der Waals surface area (Å²) in [5.41, 5.74) is 7.81. The largest absolute Gasteiger partial charge is 3.00 e. The second-order valence-corrected chi connectivity index (χ2v) is 19.8. The normalized spacial score (nSPS) is 17.1. The third-order valence-electron chi connectivity index (χ3n) is 10.7. The fourth-order valence-electron chi connectivity index (χ4n) is 7.61. The van der Waals surface area contributed by atoms with Gasteiger partial charge in [0.2, 0.25) is 0 Å². The van der Waals surface area contributed by atoms with Crippen LogP contribution in [0, 0.1) is 0 Å². The van der Waals surface area contributed by atoms with Crippen molar-refractivity contribution in [3.8, 4) is 0 Å². The maximum atomic E-state index is 12.0. The number of nitrogens with zero attached hydrogens (tertiary/aromatic N) is 6. The Balaban J connectivity index is 0.000000125. The van der Waals surface area contributed by atoms with Gasteiger partial charge in [0.25, 0.3) is 0 Å². The van der Waals surface area contributed by atoms with Crippen LogP contribution in [0.25, 0.3) is 82.2 Å². The standard InChI is InChI=1S/3C17H11N2O2S.Al/c3*20-22(21)17-8-4-2-6-14(17)16(19-22)11-13-10-9-12-5-1-3-7-15(12)18-13;/h3*1-11H;/q3*-1;+3/b16-11+;2*16-11-;. The summed E-state index contributed by atoms with van der Waals surface area (Å²) in [6, 6.07) is 55.3. The summed E-state index contributed by atoms with van der Waals surface area (Å²) < 4.78 is 83.8. The van der Waals surface area contributed by atoms with Gasteiger partial charge in [-0.2, -0.15) is 0 Å². The molecule has 0 fully saturated rings. The fraction of sp³-hybridized carbons (Fsp3) is 0. The molecule has 3 aliphatic heterocycles. The Labute approximate surface area is 397 Å². The quantitative estimate of drug-likeness (QED) is 0.156. The van der Waals surface area contributed by atoms with Crippen molar-refractivity contribution < 1.29 is 25.3 Å². The summed E-state index contributed by atoms with van der Waals surface area (Å²) in [7, 11) is -10.8. The Kier molecular flexibility index (Phi) is 12.1. The van der Waals surface area contributed by atoms with Gasteiger partial charge in [0.1, 0.15) is 30.1 Å². The first kappa shape index (κ1) is 44.7. The average molecular weight is 949 g/mol. The Bertz CT molecular complexity index is 3480. The molecule has 6 heterocycles. The van der Waals surface area contributed by atoms with Crippen LogP contribution >= 0.6 is 0 Å². The molecule has 0 atom stereocenters. The van der Waals surface area contributed by atoms with Gasteiger partial charge < -0.3 is 14.2 Å². The topological polar surface area (TPSA) is 183 Å². The van der Waals surface area contributed by atoms with Gasteiger partial charge in [0, 0.05) is 16.2 Å². The van der Waals surface area contributed by atoms with E-state index in [1.165, 1.54) is 0 Å². The van der Waals surface area contributed by atoms with Gasteiger partial charge >= 0.3 is 17.4 Å². The molecule has 0 saturated carbocycles. The Hall–Kier alpha value is -7.45. The van der Waals surface area contributed by atoms with E-state index in [0.29, 0.717) is 50.9 Å². The second-order valence-electron chi connectivity index (χ2n) is 15.1. The van der Waals surface area contributed by atoms with E-state index in [9.17, 15) is 25.3 Å². The second kappa shape index (κ2) is 18.1. The minimum atomic E-state index is -3.59. The zero-order valence-electron chi connectivity index (χ0n) is 35.0. The number of aromatic nitrogens is 3. The fourth-order valence-corrected chi connectivity index (χ4v) is 11.2. The van der Waals surface area contributed by atoms with Crippen LogP contribution in [0.15, 0.2) is 197 Å². The maximum absolute atomic E-state index is 12.0. The molecule has 0 unspecified atom stereocenters. The first-order valence-corrected chi connectivity index (χ1v) is 24.7. The van der Waals surface area contributed by atoms with E-state index in [4.69, 9.17) is 0 Å². The number of hydrogen-bond acceptors (Lipinski definition) is 9. The molecule has 0 bridgehead atoms. The first-order valence-electron chi connectivity index (χ1n) is 20.4. The minimum absolute atomic E-state index is 0. The molecule has 3 aliphatic rings. The van der Waals surface area contributed by atoms with Crippen molar-refractivity contribution in [2.75, 3.05) is 0 Å². The van der Waals surface area contributed by atoms with E-state index < -0.39 is 30.1 Å². The van der Waals surface area contributed by atoms with Crippen molar-refractivity contribution in [1.29, 1.82) is 0 Å². The molecule has 0 amide bonds. The van der Waals surface area contributed by atoms with Crippen molar-refractivity contribution >= 4 is 115 Å². The van der Waals surface area contributed by atoms with Gasteiger partial charge in [-0.25, -0.2) is 40.2 Å². The zero-order chi connectivity index (χ0) is 45.5. The maximum Gasteiger partial charge on any atom is 3.00 e. The molecule has 12 rings (SSSR count). The summed E-state index contributed by atoms with van der Waals surface area (Å²) >= 11 is 0. The molecule has 16 heteroatoms. The number of sulfonamides is 3. The van der Waals surface area contributed by atoms with Crippen LogP contribution in [-0.2, 0) is 30.1 Å². The van der Waals surface area contributed by atoms with E-state index in [1.807, 2.05) is 109 Å². The molecule has 0 radical (unpaired) electrons. The van der Waals surface area contributed by atoms with E-state index >= 15 is 0 Å². The summed E-state index contributed by atoms with van der Waals surface area (Å²) in [6.07, 6.45) is 5.11. The summed E-state index contributed by atoms with van der Waals surface area (Å²) in [5.74, 6) is 0. The van der Waals surface area contributed by atoms with E-state index in [-0.39, 0.29) is 32.0 Å². The third-order valence-corrected chi connectivity index (χ3v) is 14.7. The molecular formula is C51H33AlN6O6S3. The molecule has 67 heavy (non-hydrogen) atoms. The third kappa shape index (κ3) is 9.22. The predicted octanol–water partition coefficient (Wildman–Crippen LogP) is 11.0. The monoisotopic (exact) mass is 948 g/mol. The predicted molar refractivity (Wildman–Crippen MR) is 266 cm³/mol. The van der Waals surface area contributed by atoms with Crippen molar-refractivity contribution in [3.63, 3.8) is 0 Å². The number of fused-ring (bicyclic) bond motifs is 6. The van der Waals surface area contributed by atoms with Gasteiger partial charge in [0.05, 0.1) is 48.3 Å². The Morgan fingerprint density at radius 3 is 0.866 bits per heavy atom. The van der Waals surface area contributed by atoms with Crippen LogP contribution in [0.3, 0.4) is 0 Å². The summed E-state index contributed by atoms with van der Waals surface area (Å²) in [4.78, 5) is 14.3. The van der Waals surface area contributed by atoms with E-state index in [1.54, 1.807) is 91.0 Å². The zero-order valence-corrected chi connectivity index (χ0v) is 38.6.